The molecule has 0 aromatic carbocycles. The van der Waals surface area contributed by atoms with Crippen LogP contribution in [-0.2, 0) is 14.4 Å². The Morgan fingerprint density at radius 1 is 1.23 bits per heavy atom. The summed E-state index contributed by atoms with van der Waals surface area (Å²) in [4.78, 5) is 0. The maximum absolute atomic E-state index is 11.8. The zero-order valence-corrected chi connectivity index (χ0v) is 16.2. The van der Waals surface area contributed by atoms with Crippen LogP contribution in [0.25, 0.3) is 0 Å². The summed E-state index contributed by atoms with van der Waals surface area (Å²) in [5, 5.41) is 12.5. The van der Waals surface area contributed by atoms with Crippen molar-refractivity contribution in [1.82, 2.24) is 10.2 Å². The minimum atomic E-state index is -3.75. The van der Waals surface area contributed by atoms with Crippen molar-refractivity contribution in [2.24, 2.45) is 5.14 Å². The minimum Gasteiger partial charge on any atom is -0.407 e. The van der Waals surface area contributed by atoms with Gasteiger partial charge in [0.25, 0.3) is 0 Å². The van der Waals surface area contributed by atoms with Gasteiger partial charge in [0, 0.05) is 0 Å². The molecule has 0 bridgehead atoms. The van der Waals surface area contributed by atoms with Gasteiger partial charge in [-0.15, -0.1) is 0 Å². The van der Waals surface area contributed by atoms with E-state index in [0.717, 1.165) is 5.69 Å². The van der Waals surface area contributed by atoms with Crippen LogP contribution in [0.2, 0.25) is 18.1 Å². The topological polar surface area (TPSA) is 95.2 Å². The van der Waals surface area contributed by atoms with Gasteiger partial charge in [-0.2, -0.15) is 10.2 Å². The van der Waals surface area contributed by atoms with Crippen molar-refractivity contribution in [1.29, 1.82) is 0 Å². The number of nitrogens with zero attached hydrogens (tertiary/aromatic N) is 2. The number of nitrogens with two attached hydrogens (primary N) is 1. The molecule has 0 saturated carbocycles. The van der Waals surface area contributed by atoms with E-state index in [2.05, 4.69) is 44.1 Å². The average molecular weight is 346 g/mol. The first-order valence-electron chi connectivity index (χ1n) is 7.25. The molecule has 0 radical (unpaired) electrons. The van der Waals surface area contributed by atoms with Crippen molar-refractivity contribution in [2.45, 2.75) is 64.1 Å². The van der Waals surface area contributed by atoms with Gasteiger partial charge < -0.3 is 4.43 Å². The van der Waals surface area contributed by atoms with Crippen LogP contribution in [0.3, 0.4) is 0 Å². The predicted molar refractivity (Wildman–Crippen MR) is 90.4 cm³/mol. The molecule has 0 aliphatic carbocycles. The molecule has 22 heavy (non-hydrogen) atoms. The molecule has 6 nitrogen and oxygen atoms in total. The Morgan fingerprint density at radius 2 is 1.77 bits per heavy atom. The summed E-state index contributed by atoms with van der Waals surface area (Å²) >= 11 is 0. The summed E-state index contributed by atoms with van der Waals surface area (Å²) in [6.07, 6.45) is -0.719. The van der Waals surface area contributed by atoms with Gasteiger partial charge in [0.15, 0.2) is 8.32 Å². The standard InChI is InChI=1S/C14H27N3O3SSi/c1-10-8-9-12(17-16-10)13(11(2)21(15,18)19)20-22(6,7)14(3,4)5/h8-9,11,13H,1-7H3,(H2,15,18,19)/t11-,13-/m1/s1. The first-order chi connectivity index (χ1) is 9.75. The number of sulfonamides is 1. The van der Waals surface area contributed by atoms with Crippen LogP contribution < -0.4 is 5.14 Å². The molecule has 1 aromatic rings. The van der Waals surface area contributed by atoms with Gasteiger partial charge in [-0.25, -0.2) is 13.6 Å². The monoisotopic (exact) mass is 345 g/mol. The number of primary sulfonamides is 1. The molecule has 0 unspecified atom stereocenters. The summed E-state index contributed by atoms with van der Waals surface area (Å²) in [5.74, 6) is 0. The SMILES string of the molecule is Cc1ccc([C@H](O[Si](C)(C)C(C)(C)C)[C@@H](C)S(N)(=O)=O)nn1. The summed E-state index contributed by atoms with van der Waals surface area (Å²) in [6, 6.07) is 3.54. The molecule has 1 heterocycles. The Morgan fingerprint density at radius 3 is 2.14 bits per heavy atom. The highest BCUT2D eigenvalue weighted by atomic mass is 32.2. The second kappa shape index (κ2) is 6.35. The molecule has 0 saturated heterocycles. The summed E-state index contributed by atoms with van der Waals surface area (Å²) in [7, 11) is -5.94. The second-order valence-electron chi connectivity index (χ2n) is 7.19. The molecule has 0 spiro atoms. The number of hydrogen-bond acceptors (Lipinski definition) is 5. The third-order valence-corrected chi connectivity index (χ3v) is 10.0. The van der Waals surface area contributed by atoms with Crippen molar-refractivity contribution < 1.29 is 12.8 Å². The molecule has 0 fully saturated rings. The Labute approximate surface area is 134 Å². The molecule has 1 rings (SSSR count). The van der Waals surface area contributed by atoms with E-state index in [9.17, 15) is 8.42 Å². The Kier molecular flexibility index (Phi) is 5.54. The quantitative estimate of drug-likeness (QED) is 0.827. The van der Waals surface area contributed by atoms with Crippen LogP contribution in [0.5, 0.6) is 0 Å². The molecule has 2 atom stereocenters. The fourth-order valence-corrected chi connectivity index (χ4v) is 3.58. The van der Waals surface area contributed by atoms with Gasteiger partial charge in [0.2, 0.25) is 10.0 Å². The predicted octanol–water partition coefficient (Wildman–Crippen LogP) is 2.52. The molecule has 126 valence electrons. The van der Waals surface area contributed by atoms with Crippen LogP contribution in [0.15, 0.2) is 12.1 Å². The third-order valence-electron chi connectivity index (χ3n) is 4.28. The lowest BCUT2D eigenvalue weighted by molar-refractivity contribution is 0.176. The van der Waals surface area contributed by atoms with E-state index in [1.54, 1.807) is 19.1 Å². The fraction of sp³-hybridized carbons (Fsp3) is 0.714. The zero-order valence-electron chi connectivity index (χ0n) is 14.4. The van der Waals surface area contributed by atoms with Gasteiger partial charge in [-0.1, -0.05) is 20.8 Å². The molecule has 2 N–H and O–H groups in total. The first-order valence-corrected chi connectivity index (χ1v) is 11.8. The molecule has 0 amide bonds. The van der Waals surface area contributed by atoms with E-state index in [-0.39, 0.29) is 5.04 Å². The smallest absolute Gasteiger partial charge is 0.214 e. The van der Waals surface area contributed by atoms with Crippen molar-refractivity contribution in [3.63, 3.8) is 0 Å². The lowest BCUT2D eigenvalue weighted by Crippen LogP contribution is -2.45. The summed E-state index contributed by atoms with van der Waals surface area (Å²) < 4.78 is 29.9. The van der Waals surface area contributed by atoms with Gasteiger partial charge in [-0.05, 0) is 44.1 Å². The highest BCUT2D eigenvalue weighted by Gasteiger charge is 2.42. The highest BCUT2D eigenvalue weighted by Crippen LogP contribution is 2.40. The lowest BCUT2D eigenvalue weighted by Gasteiger charge is -2.40. The number of hydrogen-bond donors (Lipinski definition) is 1. The average Bonchev–Trinajstić information content (AvgIpc) is 2.34. The maximum Gasteiger partial charge on any atom is 0.214 e. The number of rotatable bonds is 5. The molecule has 0 aliphatic heterocycles. The Balaban J connectivity index is 3.27. The fourth-order valence-electron chi connectivity index (χ4n) is 1.62. The molecule has 8 heteroatoms. The van der Waals surface area contributed by atoms with E-state index in [1.165, 1.54) is 0 Å². The van der Waals surface area contributed by atoms with Crippen molar-refractivity contribution in [2.75, 3.05) is 0 Å². The number of aromatic nitrogens is 2. The van der Waals surface area contributed by atoms with Gasteiger partial charge in [0.05, 0.1) is 11.4 Å². The molecule has 0 aliphatic rings. The van der Waals surface area contributed by atoms with Gasteiger partial charge in [0.1, 0.15) is 11.4 Å². The first kappa shape index (κ1) is 19.2. The maximum atomic E-state index is 11.8. The third kappa shape index (κ3) is 4.58. The van der Waals surface area contributed by atoms with Crippen LogP contribution in [0, 0.1) is 6.92 Å². The largest absolute Gasteiger partial charge is 0.407 e. The summed E-state index contributed by atoms with van der Waals surface area (Å²) in [6.45, 7) is 13.8. The van der Waals surface area contributed by atoms with E-state index in [0.29, 0.717) is 5.69 Å². The van der Waals surface area contributed by atoms with Crippen molar-refractivity contribution in [3.05, 3.63) is 23.5 Å². The normalized spacial score (nSPS) is 16.4. The second-order valence-corrected chi connectivity index (χ2v) is 13.9. The van der Waals surface area contributed by atoms with E-state index < -0.39 is 29.7 Å². The Hall–Kier alpha value is -0.833. The molecular formula is C14H27N3O3SSi. The lowest BCUT2D eigenvalue weighted by atomic mass is 10.2. The number of aryl methyl sites for hydroxylation is 1. The Bertz CT molecular complexity index is 609. The van der Waals surface area contributed by atoms with E-state index in [4.69, 9.17) is 9.56 Å². The van der Waals surface area contributed by atoms with E-state index in [1.807, 2.05) is 6.92 Å². The molecule has 1 aromatic heterocycles. The van der Waals surface area contributed by atoms with Crippen molar-refractivity contribution >= 4 is 18.3 Å². The van der Waals surface area contributed by atoms with Crippen LogP contribution >= 0.6 is 0 Å². The van der Waals surface area contributed by atoms with Crippen LogP contribution in [-0.4, -0.2) is 32.2 Å². The van der Waals surface area contributed by atoms with Gasteiger partial charge >= 0.3 is 0 Å². The van der Waals surface area contributed by atoms with Crippen LogP contribution in [0.4, 0.5) is 0 Å². The molecular weight excluding hydrogens is 318 g/mol. The van der Waals surface area contributed by atoms with E-state index >= 15 is 0 Å². The zero-order chi connectivity index (χ0) is 17.3. The minimum absolute atomic E-state index is 0.0541. The van der Waals surface area contributed by atoms with Crippen LogP contribution in [0.1, 0.15) is 45.2 Å². The summed E-state index contributed by atoms with van der Waals surface area (Å²) in [5.41, 5.74) is 1.26. The van der Waals surface area contributed by atoms with Gasteiger partial charge in [-0.3, -0.25) is 0 Å². The highest BCUT2D eigenvalue weighted by molar-refractivity contribution is 7.89. The van der Waals surface area contributed by atoms with Crippen molar-refractivity contribution in [3.8, 4) is 0 Å².